The van der Waals surface area contributed by atoms with E-state index in [0.717, 1.165) is 54.0 Å². The van der Waals surface area contributed by atoms with E-state index in [2.05, 4.69) is 6.92 Å². The summed E-state index contributed by atoms with van der Waals surface area (Å²) in [5.41, 5.74) is 3.03. The van der Waals surface area contributed by atoms with Crippen molar-refractivity contribution in [2.75, 3.05) is 33.4 Å². The maximum absolute atomic E-state index is 12.9. The molecule has 4 rings (SSSR count). The molecule has 1 amide bonds. The molecule has 0 radical (unpaired) electrons. The maximum Gasteiger partial charge on any atom is 0.340 e. The number of hydrogen-bond acceptors (Lipinski definition) is 5. The molecule has 2 heterocycles. The molecule has 0 bridgehead atoms. The molecule has 1 aliphatic heterocycles. The summed E-state index contributed by atoms with van der Waals surface area (Å²) in [6, 6.07) is 13.2. The first kappa shape index (κ1) is 23.7. The van der Waals surface area contributed by atoms with E-state index in [9.17, 15) is 9.59 Å². The Labute approximate surface area is 200 Å². The normalized spacial score (nSPS) is 14.3. The lowest BCUT2D eigenvalue weighted by Gasteiger charge is -2.30. The lowest BCUT2D eigenvalue weighted by molar-refractivity contribution is -0.134. The van der Waals surface area contributed by atoms with Crippen molar-refractivity contribution in [3.05, 3.63) is 53.7 Å². The SMILES string of the molecule is CCOC(=O)c1c(C)n(-c2ccc(OC)cc2)c2ccc(OCC(=O)N3CCC(C)CC3)cc12. The number of amides is 1. The minimum Gasteiger partial charge on any atom is -0.497 e. The van der Waals surface area contributed by atoms with E-state index in [4.69, 9.17) is 14.2 Å². The number of methoxy groups -OCH3 is 1. The van der Waals surface area contributed by atoms with E-state index in [-0.39, 0.29) is 25.1 Å². The number of ether oxygens (including phenoxy) is 3. The number of carbonyl (C=O) groups is 2. The number of hydrogen-bond donors (Lipinski definition) is 0. The molecule has 2 aromatic carbocycles. The Morgan fingerprint density at radius 1 is 1.03 bits per heavy atom. The van der Waals surface area contributed by atoms with Gasteiger partial charge in [0.1, 0.15) is 11.5 Å². The zero-order valence-electron chi connectivity index (χ0n) is 20.3. The summed E-state index contributed by atoms with van der Waals surface area (Å²) in [6.45, 7) is 7.72. The smallest absolute Gasteiger partial charge is 0.340 e. The highest BCUT2D eigenvalue weighted by Gasteiger charge is 2.24. The summed E-state index contributed by atoms with van der Waals surface area (Å²) in [6.07, 6.45) is 2.05. The molecule has 0 unspecified atom stereocenters. The van der Waals surface area contributed by atoms with Gasteiger partial charge in [0.05, 0.1) is 24.8 Å². The number of benzene rings is 2. The number of likely N-dealkylation sites (tertiary alicyclic amines) is 1. The van der Waals surface area contributed by atoms with Gasteiger partial charge in [-0.1, -0.05) is 6.92 Å². The molecule has 0 aliphatic carbocycles. The predicted molar refractivity (Wildman–Crippen MR) is 131 cm³/mol. The molecule has 180 valence electrons. The van der Waals surface area contributed by atoms with E-state index >= 15 is 0 Å². The zero-order valence-corrected chi connectivity index (χ0v) is 20.3. The third-order valence-electron chi connectivity index (χ3n) is 6.48. The van der Waals surface area contributed by atoms with Gasteiger partial charge in [0.15, 0.2) is 6.61 Å². The Kier molecular flexibility index (Phi) is 7.10. The number of piperidine rings is 1. The molecule has 7 nitrogen and oxygen atoms in total. The Hall–Kier alpha value is -3.48. The minimum absolute atomic E-state index is 0.00963. The minimum atomic E-state index is -0.382. The summed E-state index contributed by atoms with van der Waals surface area (Å²) < 4.78 is 18.5. The second-order valence-electron chi connectivity index (χ2n) is 8.75. The number of aromatic nitrogens is 1. The van der Waals surface area contributed by atoms with Crippen molar-refractivity contribution in [2.45, 2.75) is 33.6 Å². The molecule has 3 aromatic rings. The van der Waals surface area contributed by atoms with E-state index in [1.165, 1.54) is 0 Å². The molecule has 1 aliphatic rings. The topological polar surface area (TPSA) is 70.0 Å². The van der Waals surface area contributed by atoms with Crippen LogP contribution >= 0.6 is 0 Å². The lowest BCUT2D eigenvalue weighted by atomic mass is 9.99. The van der Waals surface area contributed by atoms with Gasteiger partial charge in [-0.3, -0.25) is 4.79 Å². The molecule has 0 spiro atoms. The van der Waals surface area contributed by atoms with Gasteiger partial charge in [-0.25, -0.2) is 4.79 Å². The van der Waals surface area contributed by atoms with Crippen LogP contribution in [0.2, 0.25) is 0 Å². The van der Waals surface area contributed by atoms with Gasteiger partial charge in [-0.2, -0.15) is 0 Å². The molecule has 7 heteroatoms. The monoisotopic (exact) mass is 464 g/mol. The van der Waals surface area contributed by atoms with Crippen LogP contribution in [0.1, 0.15) is 42.7 Å². The van der Waals surface area contributed by atoms with Crippen LogP contribution in [0.4, 0.5) is 0 Å². The highest BCUT2D eigenvalue weighted by atomic mass is 16.5. The van der Waals surface area contributed by atoms with E-state index in [1.807, 2.05) is 58.9 Å². The van der Waals surface area contributed by atoms with E-state index < -0.39 is 0 Å². The summed E-state index contributed by atoms with van der Waals surface area (Å²) in [7, 11) is 1.63. The molecule has 1 aromatic heterocycles. The summed E-state index contributed by atoms with van der Waals surface area (Å²) in [5, 5.41) is 0.725. The highest BCUT2D eigenvalue weighted by Crippen LogP contribution is 2.33. The molecule has 1 fully saturated rings. The number of fused-ring (bicyclic) bond motifs is 1. The second kappa shape index (κ2) is 10.2. The van der Waals surface area contributed by atoms with Gasteiger partial charge in [-0.15, -0.1) is 0 Å². The van der Waals surface area contributed by atoms with Gasteiger partial charge in [0.2, 0.25) is 0 Å². The Morgan fingerprint density at radius 2 is 1.71 bits per heavy atom. The lowest BCUT2D eigenvalue weighted by Crippen LogP contribution is -2.40. The van der Waals surface area contributed by atoms with E-state index in [0.29, 0.717) is 17.2 Å². The van der Waals surface area contributed by atoms with Crippen LogP contribution in [-0.4, -0.2) is 54.8 Å². The highest BCUT2D eigenvalue weighted by molar-refractivity contribution is 6.07. The van der Waals surface area contributed by atoms with Gasteiger partial charge in [0.25, 0.3) is 5.91 Å². The van der Waals surface area contributed by atoms with Crippen molar-refractivity contribution in [1.82, 2.24) is 9.47 Å². The first-order valence-corrected chi connectivity index (χ1v) is 11.8. The number of esters is 1. The van der Waals surface area contributed by atoms with Crippen LogP contribution in [0.25, 0.3) is 16.6 Å². The fraction of sp³-hybridized carbons (Fsp3) is 0.407. The van der Waals surface area contributed by atoms with Crippen molar-refractivity contribution >= 4 is 22.8 Å². The van der Waals surface area contributed by atoms with Crippen LogP contribution in [0.15, 0.2) is 42.5 Å². The fourth-order valence-corrected chi connectivity index (χ4v) is 4.51. The molecule has 0 saturated carbocycles. The van der Waals surface area contributed by atoms with Gasteiger partial charge in [-0.05, 0) is 75.1 Å². The number of nitrogens with zero attached hydrogens (tertiary/aromatic N) is 2. The standard InChI is InChI=1S/C27H32N2O5/c1-5-33-27(31)26-19(3)29(20-6-8-21(32-4)9-7-20)24-11-10-22(16-23(24)26)34-17-25(30)28-14-12-18(2)13-15-28/h6-11,16,18H,5,12-15,17H2,1-4H3. The largest absolute Gasteiger partial charge is 0.497 e. The van der Waals surface area contributed by atoms with Gasteiger partial charge in [0, 0.05) is 29.9 Å². The van der Waals surface area contributed by atoms with Crippen LogP contribution in [0, 0.1) is 12.8 Å². The summed E-state index contributed by atoms with van der Waals surface area (Å²) in [4.78, 5) is 27.4. The van der Waals surface area contributed by atoms with Crippen LogP contribution < -0.4 is 9.47 Å². The average Bonchev–Trinajstić information content (AvgIpc) is 3.14. The van der Waals surface area contributed by atoms with E-state index in [1.54, 1.807) is 14.0 Å². The summed E-state index contributed by atoms with van der Waals surface area (Å²) in [5.74, 6) is 1.57. The predicted octanol–water partition coefficient (Wildman–Crippen LogP) is 4.76. The van der Waals surface area contributed by atoms with Crippen LogP contribution in [0.3, 0.4) is 0 Å². The molecule has 34 heavy (non-hydrogen) atoms. The zero-order chi connectivity index (χ0) is 24.2. The molecule has 1 saturated heterocycles. The maximum atomic E-state index is 12.9. The van der Waals surface area contributed by atoms with Crippen LogP contribution in [-0.2, 0) is 9.53 Å². The van der Waals surface area contributed by atoms with Gasteiger partial charge >= 0.3 is 5.97 Å². The first-order chi connectivity index (χ1) is 16.4. The second-order valence-corrected chi connectivity index (χ2v) is 8.75. The summed E-state index contributed by atoms with van der Waals surface area (Å²) >= 11 is 0. The molecular weight excluding hydrogens is 432 g/mol. The van der Waals surface area contributed by atoms with Crippen LogP contribution in [0.5, 0.6) is 11.5 Å². The van der Waals surface area contributed by atoms with Gasteiger partial charge < -0.3 is 23.7 Å². The van der Waals surface area contributed by atoms with Crippen molar-refractivity contribution in [1.29, 1.82) is 0 Å². The quantitative estimate of drug-likeness (QED) is 0.472. The van der Waals surface area contributed by atoms with Crippen molar-refractivity contribution in [2.24, 2.45) is 5.92 Å². The molecular formula is C27H32N2O5. The third kappa shape index (κ3) is 4.74. The third-order valence-corrected chi connectivity index (χ3v) is 6.48. The first-order valence-electron chi connectivity index (χ1n) is 11.8. The molecule has 0 N–H and O–H groups in total. The Balaban J connectivity index is 1.65. The Morgan fingerprint density at radius 3 is 2.35 bits per heavy atom. The van der Waals surface area contributed by atoms with Crippen molar-refractivity contribution < 1.29 is 23.8 Å². The molecule has 0 atom stereocenters. The number of carbonyl (C=O) groups excluding carboxylic acids is 2. The average molecular weight is 465 g/mol. The number of rotatable bonds is 7. The Bertz CT molecular complexity index is 1170. The van der Waals surface area contributed by atoms with Crippen molar-refractivity contribution in [3.63, 3.8) is 0 Å². The fourth-order valence-electron chi connectivity index (χ4n) is 4.51. The van der Waals surface area contributed by atoms with Crippen molar-refractivity contribution in [3.8, 4) is 17.2 Å².